The maximum atomic E-state index is 13.0. The Bertz CT molecular complexity index is 800. The number of piperidine rings is 1. The van der Waals surface area contributed by atoms with E-state index >= 15 is 0 Å². The van der Waals surface area contributed by atoms with Gasteiger partial charge in [-0.2, -0.15) is 0 Å². The standard InChI is InChI=1S/C21H30N4O2/c1-15-11-23(12-16(2)27-15)13-18-6-8-24(9-7-18)21(26)20-5-4-19-10-22-14-25(19)17(20)3/h4-5,10,14-16,18H,6-9,11-13H2,1-3H3/t15-,16-/m0/s1. The molecule has 0 saturated carbocycles. The molecule has 0 bridgehead atoms. The van der Waals surface area contributed by atoms with Crippen LogP contribution in [-0.2, 0) is 4.74 Å². The van der Waals surface area contributed by atoms with E-state index < -0.39 is 0 Å². The quantitative estimate of drug-likeness (QED) is 0.833. The molecule has 2 aromatic heterocycles. The van der Waals surface area contributed by atoms with Gasteiger partial charge in [0.15, 0.2) is 0 Å². The molecule has 6 nitrogen and oxygen atoms in total. The van der Waals surface area contributed by atoms with Gasteiger partial charge in [0, 0.05) is 38.4 Å². The summed E-state index contributed by atoms with van der Waals surface area (Å²) in [6.45, 7) is 11.2. The number of carbonyl (C=O) groups excluding carboxylic acids is 1. The predicted molar refractivity (Wildman–Crippen MR) is 105 cm³/mol. The fourth-order valence-corrected chi connectivity index (χ4v) is 4.64. The lowest BCUT2D eigenvalue weighted by Gasteiger charge is -2.39. The van der Waals surface area contributed by atoms with Crippen LogP contribution < -0.4 is 0 Å². The zero-order valence-electron chi connectivity index (χ0n) is 16.6. The Hall–Kier alpha value is -1.92. The van der Waals surface area contributed by atoms with Crippen molar-refractivity contribution in [3.8, 4) is 0 Å². The van der Waals surface area contributed by atoms with E-state index in [0.717, 1.165) is 62.3 Å². The van der Waals surface area contributed by atoms with Crippen molar-refractivity contribution in [1.29, 1.82) is 0 Å². The van der Waals surface area contributed by atoms with Gasteiger partial charge in [0.05, 0.1) is 35.8 Å². The van der Waals surface area contributed by atoms with E-state index in [1.54, 1.807) is 6.33 Å². The van der Waals surface area contributed by atoms with Crippen LogP contribution in [0.4, 0.5) is 0 Å². The third-order valence-corrected chi connectivity index (χ3v) is 5.98. The number of imidazole rings is 1. The first-order chi connectivity index (χ1) is 13.0. The first kappa shape index (κ1) is 18.4. The number of pyridine rings is 1. The topological polar surface area (TPSA) is 50.1 Å². The summed E-state index contributed by atoms with van der Waals surface area (Å²) in [6.07, 6.45) is 6.39. The van der Waals surface area contributed by atoms with Crippen LogP contribution in [0.15, 0.2) is 24.7 Å². The van der Waals surface area contributed by atoms with Crippen molar-refractivity contribution in [2.24, 2.45) is 5.92 Å². The minimum atomic E-state index is 0.148. The van der Waals surface area contributed by atoms with E-state index in [-0.39, 0.29) is 5.91 Å². The van der Waals surface area contributed by atoms with Crippen molar-refractivity contribution in [2.45, 2.75) is 45.8 Å². The van der Waals surface area contributed by atoms with E-state index in [0.29, 0.717) is 18.1 Å². The summed E-state index contributed by atoms with van der Waals surface area (Å²) >= 11 is 0. The highest BCUT2D eigenvalue weighted by Gasteiger charge is 2.28. The Kier molecular flexibility index (Phi) is 5.19. The summed E-state index contributed by atoms with van der Waals surface area (Å²) in [7, 11) is 0. The highest BCUT2D eigenvalue weighted by Crippen LogP contribution is 2.23. The summed E-state index contributed by atoms with van der Waals surface area (Å²) in [4.78, 5) is 21.8. The van der Waals surface area contributed by atoms with Gasteiger partial charge in [-0.1, -0.05) is 0 Å². The molecular weight excluding hydrogens is 340 g/mol. The van der Waals surface area contributed by atoms with Crippen LogP contribution in [0.25, 0.3) is 5.52 Å². The molecule has 6 heteroatoms. The average molecular weight is 370 g/mol. The Morgan fingerprint density at radius 1 is 1.19 bits per heavy atom. The van der Waals surface area contributed by atoms with Gasteiger partial charge in [0.1, 0.15) is 0 Å². The molecule has 2 aliphatic heterocycles. The number of hydrogen-bond acceptors (Lipinski definition) is 4. The van der Waals surface area contributed by atoms with Crippen LogP contribution in [0.2, 0.25) is 0 Å². The van der Waals surface area contributed by atoms with Gasteiger partial charge in [-0.05, 0) is 51.7 Å². The molecule has 2 atom stereocenters. The molecule has 0 spiro atoms. The number of aromatic nitrogens is 2. The predicted octanol–water partition coefficient (Wildman–Crippen LogP) is 2.60. The number of nitrogens with zero attached hydrogens (tertiary/aromatic N) is 4. The van der Waals surface area contributed by atoms with Gasteiger partial charge >= 0.3 is 0 Å². The Labute approximate surface area is 161 Å². The van der Waals surface area contributed by atoms with E-state index in [2.05, 4.69) is 23.7 Å². The van der Waals surface area contributed by atoms with E-state index in [1.165, 1.54) is 0 Å². The summed E-state index contributed by atoms with van der Waals surface area (Å²) in [6, 6.07) is 3.91. The first-order valence-corrected chi connectivity index (χ1v) is 10.1. The molecule has 0 radical (unpaired) electrons. The summed E-state index contributed by atoms with van der Waals surface area (Å²) in [5, 5.41) is 0. The van der Waals surface area contributed by atoms with Crippen molar-refractivity contribution in [3.05, 3.63) is 35.9 Å². The van der Waals surface area contributed by atoms with Crippen LogP contribution in [0.3, 0.4) is 0 Å². The molecule has 0 unspecified atom stereocenters. The number of fused-ring (bicyclic) bond motifs is 1. The number of hydrogen-bond donors (Lipinski definition) is 0. The fourth-order valence-electron chi connectivity index (χ4n) is 4.64. The van der Waals surface area contributed by atoms with Crippen molar-refractivity contribution in [2.75, 3.05) is 32.7 Å². The summed E-state index contributed by atoms with van der Waals surface area (Å²) in [5.74, 6) is 0.818. The molecule has 4 heterocycles. The molecular formula is C21H30N4O2. The lowest BCUT2D eigenvalue weighted by Crippen LogP contribution is -2.48. The van der Waals surface area contributed by atoms with Crippen LogP contribution in [-0.4, -0.2) is 70.0 Å². The molecule has 2 fully saturated rings. The van der Waals surface area contributed by atoms with E-state index in [1.807, 2.05) is 34.6 Å². The maximum Gasteiger partial charge on any atom is 0.255 e. The molecule has 2 saturated heterocycles. The Morgan fingerprint density at radius 2 is 1.89 bits per heavy atom. The first-order valence-electron chi connectivity index (χ1n) is 10.1. The highest BCUT2D eigenvalue weighted by atomic mass is 16.5. The number of likely N-dealkylation sites (tertiary alicyclic amines) is 1. The second kappa shape index (κ2) is 7.60. The van der Waals surface area contributed by atoms with Crippen LogP contribution >= 0.6 is 0 Å². The third-order valence-electron chi connectivity index (χ3n) is 5.98. The van der Waals surface area contributed by atoms with E-state index in [4.69, 9.17) is 4.74 Å². The SMILES string of the molecule is Cc1c(C(=O)N2CCC(CN3C[C@H](C)O[C@@H](C)C3)CC2)ccc2cncn12. The van der Waals surface area contributed by atoms with Gasteiger partial charge in [0.2, 0.25) is 0 Å². The largest absolute Gasteiger partial charge is 0.373 e. The molecule has 146 valence electrons. The Balaban J connectivity index is 1.35. The molecule has 1 amide bonds. The fraction of sp³-hybridized carbons (Fsp3) is 0.619. The second-order valence-electron chi connectivity index (χ2n) is 8.23. The van der Waals surface area contributed by atoms with Crippen molar-refractivity contribution >= 4 is 11.4 Å². The third kappa shape index (κ3) is 3.87. The molecule has 27 heavy (non-hydrogen) atoms. The molecule has 2 aromatic rings. The lowest BCUT2D eigenvalue weighted by molar-refractivity contribution is -0.0728. The average Bonchev–Trinajstić information content (AvgIpc) is 3.11. The second-order valence-corrected chi connectivity index (χ2v) is 8.23. The molecule has 0 N–H and O–H groups in total. The number of aryl methyl sites for hydroxylation is 1. The van der Waals surface area contributed by atoms with Crippen LogP contribution in [0.5, 0.6) is 0 Å². The zero-order valence-corrected chi connectivity index (χ0v) is 16.6. The number of ether oxygens (including phenoxy) is 1. The Morgan fingerprint density at radius 3 is 2.59 bits per heavy atom. The number of morpholine rings is 1. The van der Waals surface area contributed by atoms with Gasteiger partial charge in [-0.3, -0.25) is 9.69 Å². The summed E-state index contributed by atoms with van der Waals surface area (Å²) in [5.41, 5.74) is 2.78. The molecule has 2 aliphatic rings. The zero-order chi connectivity index (χ0) is 19.0. The lowest BCUT2D eigenvalue weighted by atomic mass is 9.95. The smallest absolute Gasteiger partial charge is 0.255 e. The monoisotopic (exact) mass is 370 g/mol. The van der Waals surface area contributed by atoms with Crippen molar-refractivity contribution in [3.63, 3.8) is 0 Å². The highest BCUT2D eigenvalue weighted by molar-refractivity contribution is 5.95. The molecule has 4 rings (SSSR count). The number of rotatable bonds is 3. The summed E-state index contributed by atoms with van der Waals surface area (Å²) < 4.78 is 7.82. The molecule has 0 aliphatic carbocycles. The number of amides is 1. The van der Waals surface area contributed by atoms with Gasteiger partial charge in [-0.15, -0.1) is 0 Å². The number of carbonyl (C=O) groups is 1. The normalized spacial score (nSPS) is 25.2. The minimum Gasteiger partial charge on any atom is -0.373 e. The van der Waals surface area contributed by atoms with Gasteiger partial charge < -0.3 is 14.0 Å². The van der Waals surface area contributed by atoms with Crippen LogP contribution in [0.1, 0.15) is 42.7 Å². The minimum absolute atomic E-state index is 0.148. The van der Waals surface area contributed by atoms with Crippen molar-refractivity contribution in [1.82, 2.24) is 19.2 Å². The van der Waals surface area contributed by atoms with Gasteiger partial charge in [-0.25, -0.2) is 4.98 Å². The maximum absolute atomic E-state index is 13.0. The van der Waals surface area contributed by atoms with Gasteiger partial charge in [0.25, 0.3) is 5.91 Å². The molecule has 0 aromatic carbocycles. The van der Waals surface area contributed by atoms with E-state index in [9.17, 15) is 4.79 Å². The van der Waals surface area contributed by atoms with Crippen LogP contribution in [0, 0.1) is 12.8 Å². The van der Waals surface area contributed by atoms with Crippen molar-refractivity contribution < 1.29 is 9.53 Å².